The third-order valence-electron chi connectivity index (χ3n) is 2.50. The van der Waals surface area contributed by atoms with E-state index in [2.05, 4.69) is 4.74 Å². The van der Waals surface area contributed by atoms with Gasteiger partial charge in [-0.3, -0.25) is 4.79 Å². The van der Waals surface area contributed by atoms with E-state index in [1.54, 1.807) is 11.8 Å². The summed E-state index contributed by atoms with van der Waals surface area (Å²) in [6, 6.07) is 0. The van der Waals surface area contributed by atoms with Gasteiger partial charge in [-0.05, 0) is 12.3 Å². The number of amides is 1. The van der Waals surface area contributed by atoms with Crippen molar-refractivity contribution in [1.29, 1.82) is 0 Å². The third-order valence-corrected chi connectivity index (χ3v) is 2.50. The number of carbonyl (C=O) groups is 2. The smallest absolute Gasteiger partial charge is 0.409 e. The Balaban J connectivity index is 2.22. The number of carbonyl (C=O) groups excluding carboxylic acids is 1. The Hall–Kier alpha value is -1.26. The number of carboxylic acids is 1. The van der Waals surface area contributed by atoms with Crippen LogP contribution >= 0.6 is 0 Å². The Kier molecular flexibility index (Phi) is 3.33. The summed E-state index contributed by atoms with van der Waals surface area (Å²) in [5.41, 5.74) is 0. The molecule has 0 spiro atoms. The standard InChI is InChI=1S/C9H15NO4/c1-6(8(11)12)3-7-4-10(5-7)9(13)14-2/h6-7H,3-5H2,1-2H3,(H,11,12). The maximum absolute atomic E-state index is 10.9. The largest absolute Gasteiger partial charge is 0.481 e. The molecule has 1 rings (SSSR count). The van der Waals surface area contributed by atoms with Crippen molar-refractivity contribution in [3.8, 4) is 0 Å². The van der Waals surface area contributed by atoms with Gasteiger partial charge in [-0.15, -0.1) is 0 Å². The average molecular weight is 201 g/mol. The van der Waals surface area contributed by atoms with Crippen LogP contribution in [0.2, 0.25) is 0 Å². The highest BCUT2D eigenvalue weighted by molar-refractivity contribution is 5.70. The molecule has 1 aliphatic rings. The fourth-order valence-corrected chi connectivity index (χ4v) is 1.60. The molecule has 0 aromatic rings. The molecule has 0 aliphatic carbocycles. The first-order chi connectivity index (χ1) is 6.54. The number of aliphatic carboxylic acids is 1. The van der Waals surface area contributed by atoms with Crippen LogP contribution in [0.4, 0.5) is 4.79 Å². The van der Waals surface area contributed by atoms with Crippen LogP contribution in [0.15, 0.2) is 0 Å². The van der Waals surface area contributed by atoms with Crippen LogP contribution in [0.25, 0.3) is 0 Å². The van der Waals surface area contributed by atoms with E-state index in [9.17, 15) is 9.59 Å². The second-order valence-electron chi connectivity index (χ2n) is 3.72. The summed E-state index contributed by atoms with van der Waals surface area (Å²) in [6.45, 7) is 2.91. The Morgan fingerprint density at radius 2 is 2.14 bits per heavy atom. The third kappa shape index (κ3) is 2.37. The Morgan fingerprint density at radius 1 is 1.57 bits per heavy atom. The van der Waals surface area contributed by atoms with E-state index in [4.69, 9.17) is 5.11 Å². The fraction of sp³-hybridized carbons (Fsp3) is 0.778. The Labute approximate surface area is 82.6 Å². The first-order valence-corrected chi connectivity index (χ1v) is 4.60. The molecule has 0 aromatic heterocycles. The molecule has 80 valence electrons. The van der Waals surface area contributed by atoms with Crippen LogP contribution in [-0.4, -0.2) is 42.3 Å². The first kappa shape index (κ1) is 10.8. The van der Waals surface area contributed by atoms with Crippen molar-refractivity contribution in [1.82, 2.24) is 4.90 Å². The quantitative estimate of drug-likeness (QED) is 0.733. The lowest BCUT2D eigenvalue weighted by Crippen LogP contribution is -2.50. The molecule has 5 nitrogen and oxygen atoms in total. The number of methoxy groups -OCH3 is 1. The first-order valence-electron chi connectivity index (χ1n) is 4.60. The predicted molar refractivity (Wildman–Crippen MR) is 48.9 cm³/mol. The molecule has 0 aromatic carbocycles. The molecule has 1 heterocycles. The summed E-state index contributed by atoms with van der Waals surface area (Å²) >= 11 is 0. The van der Waals surface area contributed by atoms with E-state index in [0.717, 1.165) is 0 Å². The number of nitrogens with zero attached hydrogens (tertiary/aromatic N) is 1. The maximum Gasteiger partial charge on any atom is 0.409 e. The van der Waals surface area contributed by atoms with Gasteiger partial charge in [-0.25, -0.2) is 4.79 Å². The lowest BCUT2D eigenvalue weighted by atomic mass is 9.90. The molecular formula is C9H15NO4. The number of hydrogen-bond donors (Lipinski definition) is 1. The van der Waals surface area contributed by atoms with Crippen molar-refractivity contribution < 1.29 is 19.4 Å². The summed E-state index contributed by atoms with van der Waals surface area (Å²) in [5.74, 6) is -0.804. The Morgan fingerprint density at radius 3 is 2.57 bits per heavy atom. The lowest BCUT2D eigenvalue weighted by molar-refractivity contribution is -0.142. The van der Waals surface area contributed by atoms with Crippen molar-refractivity contribution in [3.05, 3.63) is 0 Å². The van der Waals surface area contributed by atoms with Crippen LogP contribution in [0.3, 0.4) is 0 Å². The number of likely N-dealkylation sites (tertiary alicyclic amines) is 1. The topological polar surface area (TPSA) is 66.8 Å². The highest BCUT2D eigenvalue weighted by atomic mass is 16.5. The molecule has 0 radical (unpaired) electrons. The van der Waals surface area contributed by atoms with E-state index in [1.165, 1.54) is 7.11 Å². The average Bonchev–Trinajstić information content (AvgIpc) is 2.08. The zero-order valence-corrected chi connectivity index (χ0v) is 8.40. The van der Waals surface area contributed by atoms with E-state index < -0.39 is 5.97 Å². The number of rotatable bonds is 3. The van der Waals surface area contributed by atoms with Crippen LogP contribution < -0.4 is 0 Å². The van der Waals surface area contributed by atoms with Gasteiger partial charge in [0.05, 0.1) is 13.0 Å². The molecule has 1 N–H and O–H groups in total. The summed E-state index contributed by atoms with van der Waals surface area (Å²) < 4.78 is 4.53. The SMILES string of the molecule is COC(=O)N1CC(CC(C)C(=O)O)C1. The minimum absolute atomic E-state index is 0.306. The summed E-state index contributed by atoms with van der Waals surface area (Å²) in [4.78, 5) is 23.1. The van der Waals surface area contributed by atoms with E-state index in [-0.39, 0.29) is 12.0 Å². The second kappa shape index (κ2) is 4.30. The van der Waals surface area contributed by atoms with Gasteiger partial charge in [0.25, 0.3) is 0 Å². The van der Waals surface area contributed by atoms with Crippen molar-refractivity contribution in [2.45, 2.75) is 13.3 Å². The predicted octanol–water partition coefficient (Wildman–Crippen LogP) is 0.795. The highest BCUT2D eigenvalue weighted by Crippen LogP contribution is 2.23. The van der Waals surface area contributed by atoms with Gasteiger partial charge in [0.1, 0.15) is 0 Å². The number of ether oxygens (including phenoxy) is 1. The van der Waals surface area contributed by atoms with Gasteiger partial charge in [0.2, 0.25) is 0 Å². The molecule has 1 amide bonds. The molecule has 1 aliphatic heterocycles. The molecule has 1 unspecified atom stereocenters. The molecule has 0 bridgehead atoms. The van der Waals surface area contributed by atoms with Gasteiger partial charge in [-0.1, -0.05) is 6.92 Å². The molecule has 1 atom stereocenters. The number of hydrogen-bond acceptors (Lipinski definition) is 3. The second-order valence-corrected chi connectivity index (χ2v) is 3.72. The zero-order chi connectivity index (χ0) is 10.7. The van der Waals surface area contributed by atoms with Gasteiger partial charge in [-0.2, -0.15) is 0 Å². The Bertz CT molecular complexity index is 235. The lowest BCUT2D eigenvalue weighted by Gasteiger charge is -2.38. The van der Waals surface area contributed by atoms with Crippen LogP contribution in [0.5, 0.6) is 0 Å². The zero-order valence-electron chi connectivity index (χ0n) is 8.40. The van der Waals surface area contributed by atoms with E-state index >= 15 is 0 Å². The van der Waals surface area contributed by atoms with Crippen molar-refractivity contribution in [3.63, 3.8) is 0 Å². The number of carboxylic acid groups (broad SMARTS) is 1. The molecule has 5 heteroatoms. The fourth-order valence-electron chi connectivity index (χ4n) is 1.60. The summed E-state index contributed by atoms with van der Waals surface area (Å²) in [5, 5.41) is 8.67. The normalized spacial score (nSPS) is 18.6. The van der Waals surface area contributed by atoms with Crippen molar-refractivity contribution in [2.24, 2.45) is 11.8 Å². The summed E-state index contributed by atoms with van der Waals surface area (Å²) in [7, 11) is 1.34. The van der Waals surface area contributed by atoms with Gasteiger partial charge < -0.3 is 14.7 Å². The van der Waals surface area contributed by atoms with Crippen molar-refractivity contribution >= 4 is 12.1 Å². The van der Waals surface area contributed by atoms with Gasteiger partial charge in [0, 0.05) is 13.1 Å². The van der Waals surface area contributed by atoms with Crippen LogP contribution in [-0.2, 0) is 9.53 Å². The van der Waals surface area contributed by atoms with Crippen molar-refractivity contribution in [2.75, 3.05) is 20.2 Å². The van der Waals surface area contributed by atoms with E-state index in [0.29, 0.717) is 25.4 Å². The molecular weight excluding hydrogens is 186 g/mol. The minimum Gasteiger partial charge on any atom is -0.481 e. The van der Waals surface area contributed by atoms with Crippen LogP contribution in [0, 0.1) is 11.8 Å². The van der Waals surface area contributed by atoms with E-state index in [1.807, 2.05) is 0 Å². The monoisotopic (exact) mass is 201 g/mol. The maximum atomic E-state index is 10.9. The molecule has 14 heavy (non-hydrogen) atoms. The minimum atomic E-state index is -0.776. The molecule has 0 saturated carbocycles. The molecule has 1 saturated heterocycles. The summed E-state index contributed by atoms with van der Waals surface area (Å²) in [6.07, 6.45) is 0.298. The van der Waals surface area contributed by atoms with Crippen LogP contribution in [0.1, 0.15) is 13.3 Å². The molecule has 1 fully saturated rings. The highest BCUT2D eigenvalue weighted by Gasteiger charge is 2.33. The van der Waals surface area contributed by atoms with Gasteiger partial charge in [0.15, 0.2) is 0 Å². The van der Waals surface area contributed by atoms with Gasteiger partial charge >= 0.3 is 12.1 Å².